The number of aliphatic hydroxyl groups excluding tert-OH is 1. The van der Waals surface area contributed by atoms with Crippen LogP contribution in [0.25, 0.3) is 0 Å². The molecule has 0 aromatic heterocycles. The van der Waals surface area contributed by atoms with Gasteiger partial charge in [0.05, 0.1) is 12.0 Å². The summed E-state index contributed by atoms with van der Waals surface area (Å²) in [6, 6.07) is 0. The third-order valence-corrected chi connectivity index (χ3v) is 2.13. The van der Waals surface area contributed by atoms with Crippen molar-refractivity contribution < 1.29 is 49.2 Å². The summed E-state index contributed by atoms with van der Waals surface area (Å²) in [6.45, 7) is -0.472. The number of hydrogen-bond donors (Lipinski definition) is 2. The first kappa shape index (κ1) is 24.5. The maximum atomic E-state index is 9.99. The van der Waals surface area contributed by atoms with Gasteiger partial charge >= 0.3 is 12.1 Å². The standard InChI is InChI=1S/C5H9N3O10.C4H5NO3/c9-1-5(2-16-6(10)11,3-17-7(12)13)4-18-8(14)15;1-2-3(6)8-4(5)7/h9H,1-4H2;2H,1H2,(H2,5,7). The SMILES string of the molecule is C=CC(=O)OC(N)=O.O=[N+]([O-])OCC(CO)(CO[N+](=O)[O-])CO[N+](=O)[O-]. The molecule has 0 aliphatic rings. The fourth-order valence-electron chi connectivity index (χ4n) is 0.972. The number of esters is 1. The summed E-state index contributed by atoms with van der Waals surface area (Å²) in [5.74, 6) is -0.836. The van der Waals surface area contributed by atoms with Crippen molar-refractivity contribution in [2.24, 2.45) is 11.1 Å². The predicted molar refractivity (Wildman–Crippen MR) is 74.2 cm³/mol. The van der Waals surface area contributed by atoms with Gasteiger partial charge in [0.2, 0.25) is 0 Å². The van der Waals surface area contributed by atoms with Crippen LogP contribution in [-0.4, -0.2) is 58.9 Å². The van der Waals surface area contributed by atoms with Crippen LogP contribution in [0.15, 0.2) is 12.7 Å². The Balaban J connectivity index is 0. The number of primary amides is 1. The van der Waals surface area contributed by atoms with Crippen LogP contribution in [0.3, 0.4) is 0 Å². The van der Waals surface area contributed by atoms with Crippen molar-refractivity contribution >= 4 is 12.1 Å². The highest BCUT2D eigenvalue weighted by Crippen LogP contribution is 2.19. The number of amides is 1. The van der Waals surface area contributed by atoms with Crippen LogP contribution in [-0.2, 0) is 24.0 Å². The summed E-state index contributed by atoms with van der Waals surface area (Å²) in [7, 11) is 0. The van der Waals surface area contributed by atoms with Crippen molar-refractivity contribution in [2.45, 2.75) is 0 Å². The highest BCUT2D eigenvalue weighted by Gasteiger charge is 2.34. The van der Waals surface area contributed by atoms with E-state index in [2.05, 4.69) is 31.6 Å². The molecule has 0 fully saturated rings. The zero-order chi connectivity index (χ0) is 20.8. The first-order chi connectivity index (χ1) is 12.0. The van der Waals surface area contributed by atoms with Gasteiger partial charge in [0.15, 0.2) is 0 Å². The molecule has 26 heavy (non-hydrogen) atoms. The lowest BCUT2D eigenvalue weighted by Crippen LogP contribution is -2.42. The smallest absolute Gasteiger partial charge is 0.396 e. The van der Waals surface area contributed by atoms with E-state index in [0.29, 0.717) is 0 Å². The largest absolute Gasteiger partial charge is 0.412 e. The number of ether oxygens (including phenoxy) is 1. The second kappa shape index (κ2) is 12.6. The fraction of sp³-hybridized carbons (Fsp3) is 0.556. The Morgan fingerprint density at radius 1 is 1.00 bits per heavy atom. The minimum absolute atomic E-state index is 0.836. The second-order valence-electron chi connectivity index (χ2n) is 4.09. The summed E-state index contributed by atoms with van der Waals surface area (Å²) < 4.78 is 3.78. The molecule has 0 unspecified atom stereocenters. The predicted octanol–water partition coefficient (Wildman–Crippen LogP) is -1.62. The van der Waals surface area contributed by atoms with E-state index in [-0.39, 0.29) is 0 Å². The minimum atomic E-state index is -1.80. The molecule has 0 aromatic carbocycles. The van der Waals surface area contributed by atoms with Crippen LogP contribution in [0.2, 0.25) is 0 Å². The number of nitrogens with zero attached hydrogens (tertiary/aromatic N) is 3. The van der Waals surface area contributed by atoms with Gasteiger partial charge in [-0.2, -0.15) is 0 Å². The van der Waals surface area contributed by atoms with Crippen molar-refractivity contribution in [2.75, 3.05) is 26.4 Å². The normalized spacial score (nSPS) is 9.58. The summed E-state index contributed by atoms with van der Waals surface area (Å²) in [5, 5.41) is 35.3. The summed E-state index contributed by atoms with van der Waals surface area (Å²) in [4.78, 5) is 61.4. The van der Waals surface area contributed by atoms with E-state index >= 15 is 0 Å². The first-order valence-electron chi connectivity index (χ1n) is 6.04. The molecule has 0 heterocycles. The fourth-order valence-corrected chi connectivity index (χ4v) is 0.972. The van der Waals surface area contributed by atoms with Gasteiger partial charge in [-0.1, -0.05) is 6.58 Å². The molecule has 0 aromatic rings. The highest BCUT2D eigenvalue weighted by atomic mass is 17.0. The lowest BCUT2D eigenvalue weighted by atomic mass is 9.93. The molecule has 17 heteroatoms. The van der Waals surface area contributed by atoms with Gasteiger partial charge in [0.25, 0.3) is 15.3 Å². The van der Waals surface area contributed by atoms with Gasteiger partial charge in [0.1, 0.15) is 19.8 Å². The lowest BCUT2D eigenvalue weighted by Gasteiger charge is -2.27. The van der Waals surface area contributed by atoms with Gasteiger partial charge in [-0.15, -0.1) is 30.3 Å². The molecular formula is C9H14N4O13. The molecular weight excluding hydrogens is 372 g/mol. The Morgan fingerprint density at radius 3 is 1.50 bits per heavy atom. The van der Waals surface area contributed by atoms with Crippen LogP contribution < -0.4 is 5.73 Å². The Bertz CT molecular complexity index is 490. The van der Waals surface area contributed by atoms with E-state index in [9.17, 15) is 39.9 Å². The molecule has 0 rings (SSSR count). The molecule has 0 radical (unpaired) electrons. The van der Waals surface area contributed by atoms with Crippen molar-refractivity contribution in [3.05, 3.63) is 43.0 Å². The lowest BCUT2D eigenvalue weighted by molar-refractivity contribution is -0.782. The molecule has 0 saturated carbocycles. The number of carbonyl (C=O) groups is 2. The average Bonchev–Trinajstić information content (AvgIpc) is 2.54. The zero-order valence-electron chi connectivity index (χ0n) is 12.9. The Labute approximate surface area is 143 Å². The Kier molecular flexibility index (Phi) is 11.9. The maximum Gasteiger partial charge on any atom is 0.412 e. The molecule has 0 spiro atoms. The van der Waals surface area contributed by atoms with E-state index in [1.807, 2.05) is 0 Å². The third kappa shape index (κ3) is 13.9. The van der Waals surface area contributed by atoms with Gasteiger partial charge in [-0.3, -0.25) is 0 Å². The van der Waals surface area contributed by atoms with Gasteiger partial charge in [-0.25, -0.2) is 9.59 Å². The van der Waals surface area contributed by atoms with E-state index in [1.54, 1.807) is 0 Å². The van der Waals surface area contributed by atoms with E-state index in [4.69, 9.17) is 5.11 Å². The quantitative estimate of drug-likeness (QED) is 0.133. The van der Waals surface area contributed by atoms with Crippen LogP contribution in [0.4, 0.5) is 4.79 Å². The summed E-state index contributed by atoms with van der Waals surface area (Å²) in [5.41, 5.74) is 2.64. The molecule has 0 aliphatic heterocycles. The third-order valence-electron chi connectivity index (χ3n) is 2.13. The highest BCUT2D eigenvalue weighted by molar-refractivity contribution is 5.90. The maximum absolute atomic E-state index is 9.99. The number of rotatable bonds is 11. The monoisotopic (exact) mass is 386 g/mol. The Hall–Kier alpha value is -3.76. The van der Waals surface area contributed by atoms with Gasteiger partial charge < -0.3 is 30.1 Å². The molecule has 148 valence electrons. The molecule has 17 nitrogen and oxygen atoms in total. The Morgan fingerprint density at radius 2 is 1.35 bits per heavy atom. The topological polar surface area (TPSA) is 247 Å². The van der Waals surface area contributed by atoms with Crippen LogP contribution in [0.1, 0.15) is 0 Å². The molecule has 0 aliphatic carbocycles. The molecule has 0 bridgehead atoms. The number of aliphatic hydroxyl groups is 1. The van der Waals surface area contributed by atoms with Crippen molar-refractivity contribution in [1.82, 2.24) is 0 Å². The van der Waals surface area contributed by atoms with E-state index < -0.39 is 59.2 Å². The molecule has 3 N–H and O–H groups in total. The number of hydrogen-bond acceptors (Lipinski definition) is 13. The molecule has 0 atom stereocenters. The zero-order valence-corrected chi connectivity index (χ0v) is 12.9. The molecule has 1 amide bonds. The minimum Gasteiger partial charge on any atom is -0.396 e. The van der Waals surface area contributed by atoms with Crippen molar-refractivity contribution in [3.8, 4) is 0 Å². The van der Waals surface area contributed by atoms with Gasteiger partial charge in [-0.05, 0) is 0 Å². The van der Waals surface area contributed by atoms with Crippen LogP contribution >= 0.6 is 0 Å². The van der Waals surface area contributed by atoms with Crippen LogP contribution in [0.5, 0.6) is 0 Å². The van der Waals surface area contributed by atoms with Crippen molar-refractivity contribution in [1.29, 1.82) is 0 Å². The van der Waals surface area contributed by atoms with Crippen molar-refractivity contribution in [3.63, 3.8) is 0 Å². The van der Waals surface area contributed by atoms with Crippen LogP contribution in [0, 0.1) is 35.8 Å². The number of carbonyl (C=O) groups excluding carboxylic acids is 2. The average molecular weight is 386 g/mol. The molecule has 0 saturated heterocycles. The second-order valence-corrected chi connectivity index (χ2v) is 4.09. The first-order valence-corrected chi connectivity index (χ1v) is 6.04. The van der Waals surface area contributed by atoms with E-state index in [1.165, 1.54) is 0 Å². The van der Waals surface area contributed by atoms with E-state index in [0.717, 1.165) is 6.08 Å². The van der Waals surface area contributed by atoms with Gasteiger partial charge in [0, 0.05) is 6.08 Å². The summed E-state index contributed by atoms with van der Waals surface area (Å²) >= 11 is 0. The number of nitrogens with two attached hydrogens (primary N) is 1. The summed E-state index contributed by atoms with van der Waals surface area (Å²) in [6.07, 6.45) is -0.264.